The molecule has 0 amide bonds. The van der Waals surface area contributed by atoms with Gasteiger partial charge >= 0.3 is 5.97 Å². The van der Waals surface area contributed by atoms with Gasteiger partial charge < -0.3 is 9.84 Å². The zero-order valence-electron chi connectivity index (χ0n) is 12.4. The summed E-state index contributed by atoms with van der Waals surface area (Å²) in [6, 6.07) is 15.0. The Morgan fingerprint density at radius 2 is 1.81 bits per heavy atom. The summed E-state index contributed by atoms with van der Waals surface area (Å²) in [5, 5.41) is 8.86. The molecule has 0 aliphatic heterocycles. The minimum Gasteiger partial charge on any atom is -0.490 e. The summed E-state index contributed by atoms with van der Waals surface area (Å²) in [5.74, 6) is 0.0315. The molecule has 0 aliphatic rings. The number of carboxylic acids is 1. The van der Waals surface area contributed by atoms with E-state index in [-0.39, 0.29) is 6.10 Å². The van der Waals surface area contributed by atoms with Crippen LogP contribution >= 0.6 is 0 Å². The second kappa shape index (κ2) is 6.93. The number of benzene rings is 2. The van der Waals surface area contributed by atoms with Gasteiger partial charge in [-0.25, -0.2) is 4.79 Å². The minimum absolute atomic E-state index is 0.116. The number of para-hydroxylation sites is 1. The Balaban J connectivity index is 1.88. The first-order valence-corrected chi connectivity index (χ1v) is 7.11. The standard InChI is InChI=1S/C18H20O3/c1-13-5-3-4-6-17(13)21-14(2)7-8-15-9-11-16(12-10-15)18(19)20/h3-6,9-12,14H,7-8H2,1-2H3,(H,19,20). The Hall–Kier alpha value is -2.29. The topological polar surface area (TPSA) is 46.5 Å². The monoisotopic (exact) mass is 284 g/mol. The summed E-state index contributed by atoms with van der Waals surface area (Å²) in [5.41, 5.74) is 2.58. The molecule has 0 radical (unpaired) electrons. The van der Waals surface area contributed by atoms with E-state index in [4.69, 9.17) is 9.84 Å². The molecule has 3 nitrogen and oxygen atoms in total. The van der Waals surface area contributed by atoms with Crippen molar-refractivity contribution in [3.8, 4) is 5.75 Å². The van der Waals surface area contributed by atoms with E-state index < -0.39 is 5.97 Å². The van der Waals surface area contributed by atoms with Gasteiger partial charge in [-0.15, -0.1) is 0 Å². The first-order chi connectivity index (χ1) is 10.1. The molecule has 0 saturated heterocycles. The van der Waals surface area contributed by atoms with Crippen molar-refractivity contribution >= 4 is 5.97 Å². The van der Waals surface area contributed by atoms with Crippen LogP contribution in [0.4, 0.5) is 0 Å². The number of aromatic carboxylic acids is 1. The van der Waals surface area contributed by atoms with Gasteiger partial charge in [0.2, 0.25) is 0 Å². The van der Waals surface area contributed by atoms with Crippen molar-refractivity contribution in [1.29, 1.82) is 0 Å². The van der Waals surface area contributed by atoms with Crippen LogP contribution in [0, 0.1) is 6.92 Å². The number of aryl methyl sites for hydroxylation is 2. The number of hydrogen-bond donors (Lipinski definition) is 1. The van der Waals surface area contributed by atoms with Crippen LogP contribution in [-0.4, -0.2) is 17.2 Å². The van der Waals surface area contributed by atoms with Crippen LogP contribution in [0.1, 0.15) is 34.8 Å². The molecule has 1 atom stereocenters. The Bertz CT molecular complexity index is 602. The van der Waals surface area contributed by atoms with E-state index in [9.17, 15) is 4.79 Å². The fraction of sp³-hybridized carbons (Fsp3) is 0.278. The van der Waals surface area contributed by atoms with Gasteiger partial charge in [-0.1, -0.05) is 30.3 Å². The Morgan fingerprint density at radius 1 is 1.14 bits per heavy atom. The maximum atomic E-state index is 10.8. The van der Waals surface area contributed by atoms with Crippen LogP contribution in [0.3, 0.4) is 0 Å². The highest BCUT2D eigenvalue weighted by Gasteiger charge is 2.07. The van der Waals surface area contributed by atoms with Gasteiger partial charge in [0.15, 0.2) is 0 Å². The fourth-order valence-electron chi connectivity index (χ4n) is 2.15. The first kappa shape index (κ1) is 15.1. The van der Waals surface area contributed by atoms with Crippen molar-refractivity contribution in [1.82, 2.24) is 0 Å². The molecule has 0 fully saturated rings. The number of hydrogen-bond acceptors (Lipinski definition) is 2. The average molecular weight is 284 g/mol. The third-order valence-corrected chi connectivity index (χ3v) is 3.46. The molecule has 0 saturated carbocycles. The summed E-state index contributed by atoms with van der Waals surface area (Å²) < 4.78 is 5.93. The van der Waals surface area contributed by atoms with Gasteiger partial charge in [-0.3, -0.25) is 0 Å². The third-order valence-electron chi connectivity index (χ3n) is 3.46. The maximum Gasteiger partial charge on any atom is 0.335 e. The number of carboxylic acid groups (broad SMARTS) is 1. The van der Waals surface area contributed by atoms with Crippen LogP contribution in [0.15, 0.2) is 48.5 Å². The summed E-state index contributed by atoms with van der Waals surface area (Å²) in [6.45, 7) is 4.09. The van der Waals surface area contributed by atoms with Crippen molar-refractivity contribution < 1.29 is 14.6 Å². The summed E-state index contributed by atoms with van der Waals surface area (Å²) in [7, 11) is 0. The van der Waals surface area contributed by atoms with Gasteiger partial charge in [0, 0.05) is 0 Å². The van der Waals surface area contributed by atoms with E-state index in [0.717, 1.165) is 29.7 Å². The van der Waals surface area contributed by atoms with E-state index in [2.05, 4.69) is 6.92 Å². The van der Waals surface area contributed by atoms with Crippen molar-refractivity contribution in [2.24, 2.45) is 0 Å². The van der Waals surface area contributed by atoms with Gasteiger partial charge in [0.25, 0.3) is 0 Å². The third kappa shape index (κ3) is 4.35. The zero-order valence-corrected chi connectivity index (χ0v) is 12.4. The largest absolute Gasteiger partial charge is 0.490 e. The van der Waals surface area contributed by atoms with Crippen LogP contribution in [0.25, 0.3) is 0 Å². The summed E-state index contributed by atoms with van der Waals surface area (Å²) in [6.07, 6.45) is 1.87. The van der Waals surface area contributed by atoms with Crippen LogP contribution in [0.5, 0.6) is 5.75 Å². The maximum absolute atomic E-state index is 10.8. The van der Waals surface area contributed by atoms with Crippen molar-refractivity contribution in [3.63, 3.8) is 0 Å². The predicted octanol–water partition coefficient (Wildman–Crippen LogP) is 4.09. The molecule has 2 aromatic rings. The second-order valence-corrected chi connectivity index (χ2v) is 5.23. The molecule has 21 heavy (non-hydrogen) atoms. The Kier molecular flexibility index (Phi) is 4.99. The molecule has 0 bridgehead atoms. The van der Waals surface area contributed by atoms with E-state index in [1.54, 1.807) is 12.1 Å². The van der Waals surface area contributed by atoms with Crippen molar-refractivity contribution in [3.05, 3.63) is 65.2 Å². The minimum atomic E-state index is -0.891. The van der Waals surface area contributed by atoms with E-state index in [0.29, 0.717) is 5.56 Å². The molecule has 0 heterocycles. The highest BCUT2D eigenvalue weighted by Crippen LogP contribution is 2.19. The van der Waals surface area contributed by atoms with Crippen LogP contribution in [-0.2, 0) is 6.42 Å². The first-order valence-electron chi connectivity index (χ1n) is 7.11. The molecule has 110 valence electrons. The molecule has 2 aromatic carbocycles. The molecule has 1 unspecified atom stereocenters. The number of ether oxygens (including phenoxy) is 1. The van der Waals surface area contributed by atoms with Crippen molar-refractivity contribution in [2.75, 3.05) is 0 Å². The smallest absolute Gasteiger partial charge is 0.335 e. The highest BCUT2D eigenvalue weighted by atomic mass is 16.5. The molecule has 1 N–H and O–H groups in total. The lowest BCUT2D eigenvalue weighted by atomic mass is 10.1. The zero-order chi connectivity index (χ0) is 15.2. The Labute approximate surface area is 125 Å². The summed E-state index contributed by atoms with van der Waals surface area (Å²) in [4.78, 5) is 10.8. The molecular weight excluding hydrogens is 264 g/mol. The molecular formula is C18H20O3. The predicted molar refractivity (Wildman–Crippen MR) is 83.0 cm³/mol. The normalized spacial score (nSPS) is 11.9. The van der Waals surface area contributed by atoms with Gasteiger partial charge in [-0.2, -0.15) is 0 Å². The number of rotatable bonds is 6. The SMILES string of the molecule is Cc1ccccc1OC(C)CCc1ccc(C(=O)O)cc1. The Morgan fingerprint density at radius 3 is 2.43 bits per heavy atom. The molecule has 0 aliphatic carbocycles. The lowest BCUT2D eigenvalue weighted by molar-refractivity contribution is 0.0697. The van der Waals surface area contributed by atoms with Crippen LogP contribution < -0.4 is 4.74 Å². The van der Waals surface area contributed by atoms with E-state index in [1.165, 1.54) is 0 Å². The van der Waals surface area contributed by atoms with Gasteiger partial charge in [0.05, 0.1) is 11.7 Å². The van der Waals surface area contributed by atoms with Crippen molar-refractivity contribution in [2.45, 2.75) is 32.8 Å². The highest BCUT2D eigenvalue weighted by molar-refractivity contribution is 5.87. The molecule has 0 spiro atoms. The lowest BCUT2D eigenvalue weighted by Crippen LogP contribution is -2.13. The molecule has 0 aromatic heterocycles. The summed E-state index contributed by atoms with van der Waals surface area (Å²) >= 11 is 0. The number of carbonyl (C=O) groups is 1. The van der Waals surface area contributed by atoms with Gasteiger partial charge in [0.1, 0.15) is 5.75 Å². The fourth-order valence-corrected chi connectivity index (χ4v) is 2.15. The van der Waals surface area contributed by atoms with E-state index >= 15 is 0 Å². The molecule has 2 rings (SSSR count). The van der Waals surface area contributed by atoms with Crippen LogP contribution in [0.2, 0.25) is 0 Å². The lowest BCUT2D eigenvalue weighted by Gasteiger charge is -2.16. The van der Waals surface area contributed by atoms with Gasteiger partial charge in [-0.05, 0) is 56.0 Å². The quantitative estimate of drug-likeness (QED) is 0.869. The second-order valence-electron chi connectivity index (χ2n) is 5.23. The van der Waals surface area contributed by atoms with E-state index in [1.807, 2.05) is 43.3 Å². The molecule has 3 heteroatoms. The average Bonchev–Trinajstić information content (AvgIpc) is 2.48.